The molecule has 174 valence electrons. The van der Waals surface area contributed by atoms with Gasteiger partial charge in [-0.2, -0.15) is 0 Å². The third-order valence-electron chi connectivity index (χ3n) is 5.48. The number of carbonyl (C=O) groups excluding carboxylic acids is 1. The van der Waals surface area contributed by atoms with E-state index in [2.05, 4.69) is 29.1 Å². The number of ether oxygens (including phenoxy) is 1. The maximum Gasteiger partial charge on any atom is 0.333 e. The molecule has 0 unspecified atom stereocenters. The molecule has 0 bridgehead atoms. The van der Waals surface area contributed by atoms with Crippen molar-refractivity contribution in [3.8, 4) is 5.75 Å². The maximum atomic E-state index is 13.3. The lowest BCUT2D eigenvalue weighted by molar-refractivity contribution is -0.116. The zero-order valence-corrected chi connectivity index (χ0v) is 19.2. The van der Waals surface area contributed by atoms with Gasteiger partial charge in [0.15, 0.2) is 11.2 Å². The molecule has 4 aromatic rings. The normalized spacial score (nSPS) is 11.1. The lowest BCUT2D eigenvalue weighted by Gasteiger charge is -2.14. The van der Waals surface area contributed by atoms with E-state index in [1.165, 1.54) is 17.0 Å². The summed E-state index contributed by atoms with van der Waals surface area (Å²) in [6.07, 6.45) is 2.76. The van der Waals surface area contributed by atoms with E-state index in [-0.39, 0.29) is 24.3 Å². The molecule has 1 amide bonds. The Morgan fingerprint density at radius 1 is 1.03 bits per heavy atom. The average Bonchev–Trinajstić information content (AvgIpc) is 2.85. The topological polar surface area (TPSA) is 108 Å². The van der Waals surface area contributed by atoms with E-state index < -0.39 is 17.2 Å². The van der Waals surface area contributed by atoms with Gasteiger partial charge in [-0.25, -0.2) is 14.8 Å². The van der Waals surface area contributed by atoms with Crippen molar-refractivity contribution in [2.24, 2.45) is 0 Å². The first-order valence-electron chi connectivity index (χ1n) is 10.8. The predicted molar refractivity (Wildman–Crippen MR) is 129 cm³/mol. The number of anilines is 1. The number of aromatic nitrogens is 4. The van der Waals surface area contributed by atoms with Crippen molar-refractivity contribution in [2.75, 3.05) is 12.4 Å². The van der Waals surface area contributed by atoms with Crippen molar-refractivity contribution in [1.82, 2.24) is 19.1 Å². The summed E-state index contributed by atoms with van der Waals surface area (Å²) in [7, 11) is 1.54. The highest BCUT2D eigenvalue weighted by atomic mass is 16.5. The molecular weight excluding hydrogens is 434 g/mol. The summed E-state index contributed by atoms with van der Waals surface area (Å²) in [4.78, 5) is 47.4. The number of benzene rings is 2. The predicted octanol–water partition coefficient (Wildman–Crippen LogP) is 2.77. The minimum atomic E-state index is -0.647. The molecule has 1 N–H and O–H groups in total. The van der Waals surface area contributed by atoms with Gasteiger partial charge in [0.1, 0.15) is 12.3 Å². The van der Waals surface area contributed by atoms with Crippen molar-refractivity contribution >= 4 is 22.8 Å². The SMILES string of the molecule is COc1cccc(Cn2c(=O)c3nccnc3n(CC(=O)Nc3ccc(C(C)C)cc3)c2=O)c1. The number of hydrogen-bond donors (Lipinski definition) is 1. The third-order valence-corrected chi connectivity index (χ3v) is 5.48. The molecule has 0 spiro atoms. The molecule has 2 heterocycles. The Balaban J connectivity index is 1.69. The van der Waals surface area contributed by atoms with E-state index >= 15 is 0 Å². The van der Waals surface area contributed by atoms with Crippen molar-refractivity contribution < 1.29 is 9.53 Å². The minimum Gasteiger partial charge on any atom is -0.497 e. The Morgan fingerprint density at radius 2 is 1.76 bits per heavy atom. The molecule has 0 saturated heterocycles. The average molecular weight is 460 g/mol. The molecule has 0 radical (unpaired) electrons. The van der Waals surface area contributed by atoms with Crippen LogP contribution >= 0.6 is 0 Å². The molecule has 0 aliphatic rings. The van der Waals surface area contributed by atoms with Crippen LogP contribution in [-0.2, 0) is 17.9 Å². The summed E-state index contributed by atoms with van der Waals surface area (Å²) < 4.78 is 7.45. The molecule has 2 aromatic carbocycles. The van der Waals surface area contributed by atoms with Gasteiger partial charge in [0, 0.05) is 18.1 Å². The van der Waals surface area contributed by atoms with E-state index in [9.17, 15) is 14.4 Å². The summed E-state index contributed by atoms with van der Waals surface area (Å²) in [6.45, 7) is 3.86. The summed E-state index contributed by atoms with van der Waals surface area (Å²) in [5, 5.41) is 2.80. The second-order valence-electron chi connectivity index (χ2n) is 8.16. The van der Waals surface area contributed by atoms with E-state index in [1.807, 2.05) is 24.3 Å². The van der Waals surface area contributed by atoms with Gasteiger partial charge in [0.05, 0.1) is 13.7 Å². The van der Waals surface area contributed by atoms with Gasteiger partial charge in [0.25, 0.3) is 5.56 Å². The second-order valence-corrected chi connectivity index (χ2v) is 8.16. The van der Waals surface area contributed by atoms with Gasteiger partial charge < -0.3 is 10.1 Å². The molecule has 0 aliphatic heterocycles. The Morgan fingerprint density at radius 3 is 2.47 bits per heavy atom. The first-order chi connectivity index (χ1) is 16.4. The fourth-order valence-electron chi connectivity index (χ4n) is 3.66. The van der Waals surface area contributed by atoms with Gasteiger partial charge in [-0.05, 0) is 41.3 Å². The van der Waals surface area contributed by atoms with Crippen LogP contribution in [0.4, 0.5) is 5.69 Å². The molecular formula is C25H25N5O4. The minimum absolute atomic E-state index is 0.000333. The van der Waals surface area contributed by atoms with Crippen molar-refractivity contribution in [1.29, 1.82) is 0 Å². The number of methoxy groups -OCH3 is 1. The van der Waals surface area contributed by atoms with Crippen LogP contribution in [0.5, 0.6) is 5.75 Å². The van der Waals surface area contributed by atoms with Crippen molar-refractivity contribution in [3.63, 3.8) is 0 Å². The summed E-state index contributed by atoms with van der Waals surface area (Å²) in [6, 6.07) is 14.6. The summed E-state index contributed by atoms with van der Waals surface area (Å²) in [5.74, 6) is 0.561. The largest absolute Gasteiger partial charge is 0.497 e. The Kier molecular flexibility index (Phi) is 6.53. The molecule has 0 saturated carbocycles. The zero-order valence-electron chi connectivity index (χ0n) is 19.2. The number of carbonyl (C=O) groups is 1. The van der Waals surface area contributed by atoms with E-state index in [4.69, 9.17) is 4.74 Å². The van der Waals surface area contributed by atoms with Gasteiger partial charge in [-0.15, -0.1) is 0 Å². The Labute approximate surface area is 195 Å². The fraction of sp³-hybridized carbons (Fsp3) is 0.240. The van der Waals surface area contributed by atoms with Gasteiger partial charge in [0.2, 0.25) is 5.91 Å². The number of rotatable bonds is 7. The van der Waals surface area contributed by atoms with E-state index in [0.717, 1.165) is 10.1 Å². The van der Waals surface area contributed by atoms with Gasteiger partial charge in [-0.1, -0.05) is 38.1 Å². The number of nitrogens with zero attached hydrogens (tertiary/aromatic N) is 4. The van der Waals surface area contributed by atoms with Crippen LogP contribution in [0.25, 0.3) is 11.2 Å². The summed E-state index contributed by atoms with van der Waals surface area (Å²) >= 11 is 0. The van der Waals surface area contributed by atoms with Crippen LogP contribution in [0, 0.1) is 0 Å². The quantitative estimate of drug-likeness (QED) is 0.455. The molecule has 9 heteroatoms. The standard InChI is InChI=1S/C25H25N5O4/c1-16(2)18-7-9-19(10-8-18)28-21(31)15-29-23-22(26-11-12-27-23)24(32)30(25(29)33)14-17-5-4-6-20(13-17)34-3/h4-13,16H,14-15H2,1-3H3,(H,28,31). The van der Waals surface area contributed by atoms with Crippen LogP contribution in [-0.4, -0.2) is 32.1 Å². The van der Waals surface area contributed by atoms with Gasteiger partial charge in [-0.3, -0.25) is 18.7 Å². The molecule has 0 aliphatic carbocycles. The highest BCUT2D eigenvalue weighted by Gasteiger charge is 2.18. The molecule has 0 atom stereocenters. The van der Waals surface area contributed by atoms with Crippen LogP contribution in [0.2, 0.25) is 0 Å². The number of hydrogen-bond acceptors (Lipinski definition) is 6. The highest BCUT2D eigenvalue weighted by molar-refractivity contribution is 5.91. The number of amides is 1. The van der Waals surface area contributed by atoms with E-state index in [1.54, 1.807) is 31.4 Å². The molecule has 4 rings (SSSR count). The number of nitrogens with one attached hydrogen (secondary N) is 1. The number of fused-ring (bicyclic) bond motifs is 1. The summed E-state index contributed by atoms with van der Waals surface area (Å²) in [5.41, 5.74) is 1.32. The third kappa shape index (κ3) is 4.73. The van der Waals surface area contributed by atoms with E-state index in [0.29, 0.717) is 22.9 Å². The molecule has 0 fully saturated rings. The Bertz CT molecular complexity index is 1460. The first kappa shape index (κ1) is 22.9. The zero-order chi connectivity index (χ0) is 24.2. The smallest absolute Gasteiger partial charge is 0.333 e. The van der Waals surface area contributed by atoms with Crippen molar-refractivity contribution in [2.45, 2.75) is 32.9 Å². The monoisotopic (exact) mass is 459 g/mol. The Hall–Kier alpha value is -4.27. The second kappa shape index (κ2) is 9.70. The highest BCUT2D eigenvalue weighted by Crippen LogP contribution is 2.17. The van der Waals surface area contributed by atoms with Crippen LogP contribution in [0.1, 0.15) is 30.9 Å². The van der Waals surface area contributed by atoms with Crippen LogP contribution in [0.15, 0.2) is 70.5 Å². The first-order valence-corrected chi connectivity index (χ1v) is 10.8. The molecule has 34 heavy (non-hydrogen) atoms. The fourth-order valence-corrected chi connectivity index (χ4v) is 3.66. The van der Waals surface area contributed by atoms with Crippen LogP contribution in [0.3, 0.4) is 0 Å². The molecule has 2 aromatic heterocycles. The maximum absolute atomic E-state index is 13.3. The molecule has 9 nitrogen and oxygen atoms in total. The lowest BCUT2D eigenvalue weighted by atomic mass is 10.0. The van der Waals surface area contributed by atoms with Crippen molar-refractivity contribution in [3.05, 3.63) is 92.9 Å². The lowest BCUT2D eigenvalue weighted by Crippen LogP contribution is -2.42. The van der Waals surface area contributed by atoms with Crippen LogP contribution < -0.4 is 21.3 Å². The van der Waals surface area contributed by atoms with Gasteiger partial charge >= 0.3 is 5.69 Å².